The van der Waals surface area contributed by atoms with Crippen molar-refractivity contribution >= 4 is 6.09 Å². The van der Waals surface area contributed by atoms with Gasteiger partial charge in [0.25, 0.3) is 0 Å². The third-order valence-corrected chi connectivity index (χ3v) is 2.24. The zero-order valence-corrected chi connectivity index (χ0v) is 9.88. The van der Waals surface area contributed by atoms with Crippen molar-refractivity contribution in [1.29, 1.82) is 0 Å². The van der Waals surface area contributed by atoms with Crippen LogP contribution in [-0.4, -0.2) is 52.1 Å². The molecule has 1 rings (SSSR count). The van der Waals surface area contributed by atoms with Crippen molar-refractivity contribution in [3.63, 3.8) is 0 Å². The first-order chi connectivity index (χ1) is 7.35. The highest BCUT2D eigenvalue weighted by atomic mass is 16.6. The highest BCUT2D eigenvalue weighted by molar-refractivity contribution is 5.69. The number of ether oxygens (including phenoxy) is 1. The van der Waals surface area contributed by atoms with Crippen LogP contribution < -0.4 is 0 Å². The maximum Gasteiger partial charge on any atom is 0.411 e. The van der Waals surface area contributed by atoms with Gasteiger partial charge in [0, 0.05) is 6.54 Å². The largest absolute Gasteiger partial charge is 0.444 e. The van der Waals surface area contributed by atoms with E-state index in [4.69, 9.17) is 9.84 Å². The number of aliphatic hydroxyl groups is 2. The van der Waals surface area contributed by atoms with Crippen molar-refractivity contribution in [2.45, 2.75) is 38.5 Å². The number of hydrogen-bond donors (Lipinski definition) is 2. The summed E-state index contributed by atoms with van der Waals surface area (Å²) in [4.78, 5) is 13.1. The Morgan fingerprint density at radius 3 is 2.69 bits per heavy atom. The lowest BCUT2D eigenvalue weighted by Crippen LogP contribution is -2.52. The summed E-state index contributed by atoms with van der Waals surface area (Å²) >= 11 is 0. The van der Waals surface area contributed by atoms with E-state index in [0.29, 0.717) is 6.54 Å². The summed E-state index contributed by atoms with van der Waals surface area (Å²) in [7, 11) is 0. The van der Waals surface area contributed by atoms with Crippen LogP contribution in [0.2, 0.25) is 0 Å². The smallest absolute Gasteiger partial charge is 0.411 e. The number of amides is 1. The first-order valence-electron chi connectivity index (χ1n) is 5.30. The SMILES string of the molecule is CC(C)(C)OC(=O)N1CC=C[C@@H](O)[C@@H]1CO. The molecule has 1 aliphatic rings. The fourth-order valence-electron chi connectivity index (χ4n) is 1.50. The van der Waals surface area contributed by atoms with Gasteiger partial charge in [-0.15, -0.1) is 0 Å². The maximum atomic E-state index is 11.8. The quantitative estimate of drug-likeness (QED) is 0.643. The van der Waals surface area contributed by atoms with Gasteiger partial charge in [0.15, 0.2) is 0 Å². The third-order valence-electron chi connectivity index (χ3n) is 2.24. The first-order valence-corrected chi connectivity index (χ1v) is 5.30. The molecule has 2 N–H and O–H groups in total. The van der Waals surface area contributed by atoms with Gasteiger partial charge in [0.1, 0.15) is 5.60 Å². The molecular formula is C11H19NO4. The van der Waals surface area contributed by atoms with Crippen molar-refractivity contribution in [3.8, 4) is 0 Å². The van der Waals surface area contributed by atoms with E-state index in [2.05, 4.69) is 0 Å². The molecule has 5 nitrogen and oxygen atoms in total. The summed E-state index contributed by atoms with van der Waals surface area (Å²) in [5.41, 5.74) is -0.580. The molecule has 0 unspecified atom stereocenters. The molecule has 0 aliphatic carbocycles. The van der Waals surface area contributed by atoms with Crippen molar-refractivity contribution in [2.24, 2.45) is 0 Å². The summed E-state index contributed by atoms with van der Waals surface area (Å²) in [6.07, 6.45) is 1.89. The highest BCUT2D eigenvalue weighted by Crippen LogP contribution is 2.16. The molecule has 5 heteroatoms. The van der Waals surface area contributed by atoms with Gasteiger partial charge in [0.2, 0.25) is 0 Å². The molecule has 0 aromatic rings. The fourth-order valence-corrected chi connectivity index (χ4v) is 1.50. The van der Waals surface area contributed by atoms with Gasteiger partial charge in [0.05, 0.1) is 18.8 Å². The highest BCUT2D eigenvalue weighted by Gasteiger charge is 2.32. The van der Waals surface area contributed by atoms with Crippen LogP contribution in [0.5, 0.6) is 0 Å². The first kappa shape index (κ1) is 13.0. The molecule has 1 amide bonds. The second kappa shape index (κ2) is 4.84. The van der Waals surface area contributed by atoms with E-state index in [-0.39, 0.29) is 6.61 Å². The van der Waals surface area contributed by atoms with E-state index >= 15 is 0 Å². The van der Waals surface area contributed by atoms with Crippen LogP contribution in [-0.2, 0) is 4.74 Å². The van der Waals surface area contributed by atoms with Gasteiger partial charge in [-0.05, 0) is 20.8 Å². The fraction of sp³-hybridized carbons (Fsp3) is 0.727. The van der Waals surface area contributed by atoms with Gasteiger partial charge in [-0.25, -0.2) is 4.79 Å². The monoisotopic (exact) mass is 229 g/mol. The Hall–Kier alpha value is -1.07. The van der Waals surface area contributed by atoms with Gasteiger partial charge < -0.3 is 14.9 Å². The van der Waals surface area contributed by atoms with Crippen LogP contribution in [0.25, 0.3) is 0 Å². The van der Waals surface area contributed by atoms with E-state index in [1.807, 2.05) is 0 Å². The lowest BCUT2D eigenvalue weighted by atomic mass is 10.1. The summed E-state index contributed by atoms with van der Waals surface area (Å²) in [5.74, 6) is 0. The van der Waals surface area contributed by atoms with Crippen LogP contribution in [0.15, 0.2) is 12.2 Å². The molecule has 1 aliphatic heterocycles. The van der Waals surface area contributed by atoms with Crippen LogP contribution in [0.1, 0.15) is 20.8 Å². The predicted molar refractivity (Wildman–Crippen MR) is 59.0 cm³/mol. The number of carbonyl (C=O) groups excluding carboxylic acids is 1. The van der Waals surface area contributed by atoms with E-state index in [1.165, 1.54) is 4.90 Å². The molecule has 0 radical (unpaired) electrons. The Labute approximate surface area is 95.3 Å². The molecule has 0 fully saturated rings. The van der Waals surface area contributed by atoms with Gasteiger partial charge in [-0.3, -0.25) is 4.90 Å². The summed E-state index contributed by atoms with van der Waals surface area (Å²) in [5, 5.41) is 18.7. The Morgan fingerprint density at radius 1 is 1.56 bits per heavy atom. The maximum absolute atomic E-state index is 11.8. The Bertz CT molecular complexity index is 282. The molecule has 0 saturated heterocycles. The molecule has 0 saturated carbocycles. The van der Waals surface area contributed by atoms with E-state index in [9.17, 15) is 9.90 Å². The minimum Gasteiger partial charge on any atom is -0.444 e. The van der Waals surface area contributed by atoms with Crippen molar-refractivity contribution in [3.05, 3.63) is 12.2 Å². The Morgan fingerprint density at radius 2 is 2.19 bits per heavy atom. The number of aliphatic hydroxyl groups excluding tert-OH is 2. The van der Waals surface area contributed by atoms with E-state index in [0.717, 1.165) is 0 Å². The van der Waals surface area contributed by atoms with Crippen molar-refractivity contribution < 1.29 is 19.7 Å². The minimum absolute atomic E-state index is 0.287. The van der Waals surface area contributed by atoms with Crippen LogP contribution in [0.3, 0.4) is 0 Å². The second-order valence-electron chi connectivity index (χ2n) is 4.80. The average molecular weight is 229 g/mol. The number of rotatable bonds is 1. The topological polar surface area (TPSA) is 70.0 Å². The van der Waals surface area contributed by atoms with Crippen LogP contribution >= 0.6 is 0 Å². The van der Waals surface area contributed by atoms with Crippen LogP contribution in [0, 0.1) is 0 Å². The molecule has 0 spiro atoms. The van der Waals surface area contributed by atoms with Crippen molar-refractivity contribution in [2.75, 3.05) is 13.2 Å². The zero-order chi connectivity index (χ0) is 12.3. The standard InChI is InChI=1S/C11H19NO4/c1-11(2,3)16-10(15)12-6-4-5-9(14)8(12)7-13/h4-5,8-9,13-14H,6-7H2,1-3H3/t8-,9+/m0/s1. The molecule has 0 aromatic carbocycles. The minimum atomic E-state index is -0.841. The molecule has 0 bridgehead atoms. The second-order valence-corrected chi connectivity index (χ2v) is 4.80. The van der Waals surface area contributed by atoms with E-state index in [1.54, 1.807) is 32.9 Å². The Kier molecular flexibility index (Phi) is 3.93. The average Bonchev–Trinajstić information content (AvgIpc) is 2.14. The predicted octanol–water partition coefficient (Wildman–Crippen LogP) is 0.515. The summed E-state index contributed by atoms with van der Waals surface area (Å²) in [6, 6.07) is -0.625. The molecule has 1 heterocycles. The zero-order valence-electron chi connectivity index (χ0n) is 9.88. The number of hydrogen-bond acceptors (Lipinski definition) is 4. The summed E-state index contributed by atoms with van der Waals surface area (Å²) in [6.45, 7) is 5.38. The molecule has 2 atom stereocenters. The summed E-state index contributed by atoms with van der Waals surface area (Å²) < 4.78 is 5.19. The molecule has 0 aromatic heterocycles. The normalized spacial score (nSPS) is 25.7. The molecular weight excluding hydrogens is 210 g/mol. The number of nitrogens with zero attached hydrogens (tertiary/aromatic N) is 1. The van der Waals surface area contributed by atoms with Gasteiger partial charge in [-0.1, -0.05) is 12.2 Å². The Balaban J connectivity index is 2.71. The number of carbonyl (C=O) groups is 1. The lowest BCUT2D eigenvalue weighted by Gasteiger charge is -2.35. The lowest BCUT2D eigenvalue weighted by molar-refractivity contribution is -0.00988. The van der Waals surface area contributed by atoms with Crippen molar-refractivity contribution in [1.82, 2.24) is 4.90 Å². The van der Waals surface area contributed by atoms with Gasteiger partial charge >= 0.3 is 6.09 Å². The third kappa shape index (κ3) is 3.21. The van der Waals surface area contributed by atoms with Gasteiger partial charge in [-0.2, -0.15) is 0 Å². The molecule has 16 heavy (non-hydrogen) atoms. The molecule has 92 valence electrons. The van der Waals surface area contributed by atoms with E-state index < -0.39 is 23.8 Å². The van der Waals surface area contributed by atoms with Crippen LogP contribution in [0.4, 0.5) is 4.79 Å².